The van der Waals surface area contributed by atoms with Gasteiger partial charge in [0, 0.05) is 11.4 Å². The summed E-state index contributed by atoms with van der Waals surface area (Å²) in [5.74, 6) is 0.345. The lowest BCUT2D eigenvalue weighted by molar-refractivity contribution is -0.131. The number of carbonyl (C=O) groups is 1. The van der Waals surface area contributed by atoms with Gasteiger partial charge in [-0.3, -0.25) is 4.79 Å². The van der Waals surface area contributed by atoms with E-state index in [4.69, 9.17) is 4.74 Å². The monoisotopic (exact) mass is 276 g/mol. The van der Waals surface area contributed by atoms with Crippen molar-refractivity contribution in [2.24, 2.45) is 0 Å². The minimum absolute atomic E-state index is 0.277. The van der Waals surface area contributed by atoms with Gasteiger partial charge in [0.05, 0.1) is 0 Å². The first-order valence-electron chi connectivity index (χ1n) is 3.55. The van der Waals surface area contributed by atoms with E-state index in [0.29, 0.717) is 5.75 Å². The maximum Gasteiger partial charge on any atom is 0.308 e. The number of esters is 1. The van der Waals surface area contributed by atoms with E-state index in [1.807, 2.05) is 18.2 Å². The molecule has 12 heavy (non-hydrogen) atoms. The summed E-state index contributed by atoms with van der Waals surface area (Å²) in [7, 11) is 0. The van der Waals surface area contributed by atoms with E-state index in [0.717, 1.165) is 9.99 Å². The largest absolute Gasteiger partial charge is 0.427 e. The maximum absolute atomic E-state index is 10.6. The second-order valence-corrected chi connectivity index (χ2v) is 3.14. The third kappa shape index (κ3) is 2.81. The van der Waals surface area contributed by atoms with Crippen molar-refractivity contribution in [1.29, 1.82) is 0 Å². The van der Waals surface area contributed by atoms with Crippen LogP contribution in [-0.4, -0.2) is 5.97 Å². The number of hydrogen-bond acceptors (Lipinski definition) is 2. The van der Waals surface area contributed by atoms with Crippen LogP contribution >= 0.6 is 22.6 Å². The van der Waals surface area contributed by atoms with Crippen LogP contribution in [0, 0.1) is 0 Å². The molecule has 0 aliphatic heterocycles. The first kappa shape index (κ1) is 9.51. The molecule has 0 heterocycles. The van der Waals surface area contributed by atoms with Gasteiger partial charge in [0.1, 0.15) is 5.75 Å². The lowest BCUT2D eigenvalue weighted by atomic mass is 10.2. The first-order valence-corrected chi connectivity index (χ1v) is 5.08. The molecule has 0 unspecified atom stereocenters. The highest BCUT2D eigenvalue weighted by Crippen LogP contribution is 2.15. The Balaban J connectivity index is 2.79. The number of alkyl halides is 1. The van der Waals surface area contributed by atoms with Crippen LogP contribution < -0.4 is 4.74 Å². The average Bonchev–Trinajstić information content (AvgIpc) is 2.03. The Hall–Kier alpha value is -0.580. The first-order chi connectivity index (χ1) is 5.72. The van der Waals surface area contributed by atoms with Crippen LogP contribution in [0.1, 0.15) is 12.5 Å². The molecule has 1 aromatic rings. The van der Waals surface area contributed by atoms with E-state index in [9.17, 15) is 4.79 Å². The maximum atomic E-state index is 10.6. The average molecular weight is 276 g/mol. The zero-order chi connectivity index (χ0) is 8.97. The lowest BCUT2D eigenvalue weighted by Gasteiger charge is -2.01. The van der Waals surface area contributed by atoms with Gasteiger partial charge in [0.15, 0.2) is 0 Å². The van der Waals surface area contributed by atoms with Gasteiger partial charge < -0.3 is 4.74 Å². The van der Waals surface area contributed by atoms with Crippen LogP contribution in [0.2, 0.25) is 0 Å². The number of hydrogen-bond donors (Lipinski definition) is 0. The van der Waals surface area contributed by atoms with Crippen molar-refractivity contribution in [2.45, 2.75) is 11.4 Å². The smallest absolute Gasteiger partial charge is 0.308 e. The summed E-state index contributed by atoms with van der Waals surface area (Å²) in [6, 6.07) is 7.52. The highest BCUT2D eigenvalue weighted by atomic mass is 127. The van der Waals surface area contributed by atoms with E-state index < -0.39 is 0 Å². The van der Waals surface area contributed by atoms with Crippen molar-refractivity contribution in [1.82, 2.24) is 0 Å². The number of benzene rings is 1. The third-order valence-electron chi connectivity index (χ3n) is 1.31. The molecular weight excluding hydrogens is 267 g/mol. The summed E-state index contributed by atoms with van der Waals surface area (Å²) in [4.78, 5) is 10.6. The van der Waals surface area contributed by atoms with Crippen molar-refractivity contribution in [3.63, 3.8) is 0 Å². The van der Waals surface area contributed by atoms with Crippen LogP contribution in [0.3, 0.4) is 0 Å². The van der Waals surface area contributed by atoms with Crippen LogP contribution in [0.25, 0.3) is 0 Å². The number of ether oxygens (including phenoxy) is 1. The van der Waals surface area contributed by atoms with Gasteiger partial charge in [-0.2, -0.15) is 0 Å². The molecule has 0 fully saturated rings. The quantitative estimate of drug-likeness (QED) is 0.359. The van der Waals surface area contributed by atoms with Crippen molar-refractivity contribution in [3.8, 4) is 5.75 Å². The minimum Gasteiger partial charge on any atom is -0.427 e. The molecular formula is C9H9IO2. The summed E-state index contributed by atoms with van der Waals surface area (Å²) >= 11 is 2.26. The predicted molar refractivity (Wildman–Crippen MR) is 55.5 cm³/mol. The third-order valence-corrected chi connectivity index (χ3v) is 2.20. The lowest BCUT2D eigenvalue weighted by Crippen LogP contribution is -2.01. The Kier molecular flexibility index (Phi) is 3.52. The fraction of sp³-hybridized carbons (Fsp3) is 0.222. The summed E-state index contributed by atoms with van der Waals surface area (Å²) in [6.07, 6.45) is 0. The van der Waals surface area contributed by atoms with Crippen molar-refractivity contribution >= 4 is 28.6 Å². The second kappa shape index (κ2) is 4.45. The molecule has 0 N–H and O–H groups in total. The Labute approximate surface area is 85.1 Å². The Bertz CT molecular complexity index is 284. The molecule has 0 atom stereocenters. The molecule has 0 spiro atoms. The SMILES string of the molecule is CC(=O)Oc1cccc(CI)c1. The van der Waals surface area contributed by atoms with Gasteiger partial charge in [-0.05, 0) is 17.7 Å². The molecule has 0 amide bonds. The van der Waals surface area contributed by atoms with E-state index in [2.05, 4.69) is 22.6 Å². The zero-order valence-corrected chi connectivity index (χ0v) is 8.87. The molecule has 0 radical (unpaired) electrons. The molecule has 0 aliphatic rings. The van der Waals surface area contributed by atoms with Gasteiger partial charge in [-0.1, -0.05) is 34.7 Å². The molecule has 0 bridgehead atoms. The molecule has 1 aromatic carbocycles. The molecule has 1 rings (SSSR count). The topological polar surface area (TPSA) is 26.3 Å². The van der Waals surface area contributed by atoms with Crippen LogP contribution in [0.15, 0.2) is 24.3 Å². The Morgan fingerprint density at radius 3 is 2.92 bits per heavy atom. The van der Waals surface area contributed by atoms with Crippen LogP contribution in [-0.2, 0) is 9.22 Å². The van der Waals surface area contributed by atoms with Gasteiger partial charge in [-0.25, -0.2) is 0 Å². The summed E-state index contributed by atoms with van der Waals surface area (Å²) < 4.78 is 5.84. The number of halogens is 1. The molecule has 0 aromatic heterocycles. The Morgan fingerprint density at radius 2 is 2.33 bits per heavy atom. The summed E-state index contributed by atoms with van der Waals surface area (Å²) in [5, 5.41) is 0. The molecule has 0 aliphatic carbocycles. The number of carbonyl (C=O) groups excluding carboxylic acids is 1. The van der Waals surface area contributed by atoms with Gasteiger partial charge in [0.2, 0.25) is 0 Å². The number of rotatable bonds is 2. The fourth-order valence-corrected chi connectivity index (χ4v) is 1.33. The summed E-state index contributed by atoms with van der Waals surface area (Å²) in [6.45, 7) is 1.40. The standard InChI is InChI=1S/C9H9IO2/c1-7(11)12-9-4-2-3-8(5-9)6-10/h2-5H,6H2,1H3. The fourth-order valence-electron chi connectivity index (χ4n) is 0.858. The minimum atomic E-state index is -0.277. The highest BCUT2D eigenvalue weighted by Gasteiger charge is 1.97. The molecule has 2 nitrogen and oxygen atoms in total. The normalized spacial score (nSPS) is 9.50. The van der Waals surface area contributed by atoms with Gasteiger partial charge in [0.25, 0.3) is 0 Å². The van der Waals surface area contributed by atoms with Gasteiger partial charge >= 0.3 is 5.97 Å². The molecule has 3 heteroatoms. The highest BCUT2D eigenvalue weighted by molar-refractivity contribution is 14.1. The van der Waals surface area contributed by atoms with Crippen LogP contribution in [0.4, 0.5) is 0 Å². The van der Waals surface area contributed by atoms with E-state index >= 15 is 0 Å². The van der Waals surface area contributed by atoms with E-state index in [-0.39, 0.29) is 5.97 Å². The molecule has 64 valence electrons. The second-order valence-electron chi connectivity index (χ2n) is 2.37. The van der Waals surface area contributed by atoms with Crippen molar-refractivity contribution in [2.75, 3.05) is 0 Å². The van der Waals surface area contributed by atoms with Crippen LogP contribution in [0.5, 0.6) is 5.75 Å². The van der Waals surface area contributed by atoms with Crippen molar-refractivity contribution in [3.05, 3.63) is 29.8 Å². The van der Waals surface area contributed by atoms with E-state index in [1.165, 1.54) is 6.92 Å². The molecule has 0 saturated carbocycles. The summed E-state index contributed by atoms with van der Waals surface area (Å²) in [5.41, 5.74) is 1.16. The van der Waals surface area contributed by atoms with Gasteiger partial charge in [-0.15, -0.1) is 0 Å². The van der Waals surface area contributed by atoms with E-state index in [1.54, 1.807) is 6.07 Å². The Morgan fingerprint density at radius 1 is 1.58 bits per heavy atom. The predicted octanol–water partition coefficient (Wildman–Crippen LogP) is 2.55. The molecule has 0 saturated heterocycles. The zero-order valence-electron chi connectivity index (χ0n) is 6.71. The van der Waals surface area contributed by atoms with Crippen molar-refractivity contribution < 1.29 is 9.53 Å².